The molecule has 1 saturated heterocycles. The Balaban J connectivity index is 2.45. The Kier molecular flexibility index (Phi) is 2.98. The van der Waals surface area contributed by atoms with Crippen molar-refractivity contribution in [3.8, 4) is 12.3 Å². The van der Waals surface area contributed by atoms with Crippen LogP contribution in [0.15, 0.2) is 0 Å². The van der Waals surface area contributed by atoms with Crippen LogP contribution in [0.2, 0.25) is 0 Å². The van der Waals surface area contributed by atoms with Gasteiger partial charge in [0.2, 0.25) is 0 Å². The van der Waals surface area contributed by atoms with E-state index in [4.69, 9.17) is 23.7 Å². The van der Waals surface area contributed by atoms with Crippen LogP contribution in [0.25, 0.3) is 0 Å². The van der Waals surface area contributed by atoms with Crippen LogP contribution in [0.1, 0.15) is 12.8 Å². The van der Waals surface area contributed by atoms with E-state index in [1.165, 1.54) is 0 Å². The lowest BCUT2D eigenvalue weighted by Gasteiger charge is -2.13. The largest absolute Gasteiger partial charge is 0.381 e. The summed E-state index contributed by atoms with van der Waals surface area (Å²) in [4.78, 5) is 0. The van der Waals surface area contributed by atoms with Crippen LogP contribution in [0, 0.1) is 12.3 Å². The SMILES string of the molecule is [B][C@H]1C[C@@H](OC)[C@@H](CC#C)O1. The summed E-state index contributed by atoms with van der Waals surface area (Å²) in [5.74, 6) is 2.53. The smallest absolute Gasteiger partial charge is 0.109 e. The molecule has 1 heterocycles. The molecule has 0 unspecified atom stereocenters. The number of methoxy groups -OCH3 is 1. The molecule has 0 bridgehead atoms. The molecule has 2 radical (unpaired) electrons. The number of hydrogen-bond donors (Lipinski definition) is 0. The topological polar surface area (TPSA) is 18.5 Å². The molecule has 0 saturated carbocycles. The standard InChI is InChI=1S/C8H11BO2/c1-3-4-6-7(10-2)5-8(9)11-6/h1,6-8H,4-5H2,2H3/t6-,7-,8-/m1/s1. The average Bonchev–Trinajstić information content (AvgIpc) is 2.32. The van der Waals surface area contributed by atoms with E-state index in [-0.39, 0.29) is 18.2 Å². The lowest BCUT2D eigenvalue weighted by molar-refractivity contribution is 0.0132. The van der Waals surface area contributed by atoms with Gasteiger partial charge in [-0.2, -0.15) is 0 Å². The van der Waals surface area contributed by atoms with Crippen LogP contribution in [0.3, 0.4) is 0 Å². The monoisotopic (exact) mass is 150 g/mol. The van der Waals surface area contributed by atoms with Crippen LogP contribution in [0.5, 0.6) is 0 Å². The number of terminal acetylenes is 1. The summed E-state index contributed by atoms with van der Waals surface area (Å²) in [6.45, 7) is 0. The highest BCUT2D eigenvalue weighted by Crippen LogP contribution is 2.22. The van der Waals surface area contributed by atoms with Crippen LogP contribution < -0.4 is 0 Å². The lowest BCUT2D eigenvalue weighted by Crippen LogP contribution is -2.22. The molecular formula is C8H11BO2. The van der Waals surface area contributed by atoms with E-state index in [0.29, 0.717) is 6.42 Å². The van der Waals surface area contributed by atoms with E-state index in [9.17, 15) is 0 Å². The molecule has 0 aromatic carbocycles. The van der Waals surface area contributed by atoms with Gasteiger partial charge in [0.1, 0.15) is 7.85 Å². The van der Waals surface area contributed by atoms with Gasteiger partial charge in [-0.05, 0) is 6.42 Å². The minimum atomic E-state index is -0.210. The van der Waals surface area contributed by atoms with E-state index in [2.05, 4.69) is 5.92 Å². The molecule has 0 aliphatic carbocycles. The first kappa shape index (κ1) is 8.64. The summed E-state index contributed by atoms with van der Waals surface area (Å²) in [7, 11) is 7.20. The zero-order valence-corrected chi connectivity index (χ0v) is 6.62. The Hall–Kier alpha value is -0.455. The highest BCUT2D eigenvalue weighted by atomic mass is 16.6. The van der Waals surface area contributed by atoms with E-state index in [1.807, 2.05) is 0 Å². The quantitative estimate of drug-likeness (QED) is 0.416. The molecule has 0 aromatic rings. The van der Waals surface area contributed by atoms with Gasteiger partial charge in [0.05, 0.1) is 12.2 Å². The minimum Gasteiger partial charge on any atom is -0.381 e. The first-order valence-electron chi connectivity index (χ1n) is 3.65. The molecule has 11 heavy (non-hydrogen) atoms. The first-order chi connectivity index (χ1) is 5.27. The molecule has 3 atom stereocenters. The van der Waals surface area contributed by atoms with Crippen LogP contribution in [-0.4, -0.2) is 33.2 Å². The van der Waals surface area contributed by atoms with Gasteiger partial charge in [-0.25, -0.2) is 0 Å². The van der Waals surface area contributed by atoms with Crippen LogP contribution in [-0.2, 0) is 9.47 Å². The molecule has 1 fully saturated rings. The molecule has 1 aliphatic heterocycles. The molecule has 0 spiro atoms. The van der Waals surface area contributed by atoms with Gasteiger partial charge in [-0.15, -0.1) is 12.3 Å². The number of rotatable bonds is 2. The van der Waals surface area contributed by atoms with Crippen molar-refractivity contribution >= 4 is 7.85 Å². The van der Waals surface area contributed by atoms with Crippen molar-refractivity contribution in [1.82, 2.24) is 0 Å². The van der Waals surface area contributed by atoms with Crippen molar-refractivity contribution in [3.63, 3.8) is 0 Å². The fraction of sp³-hybridized carbons (Fsp3) is 0.750. The van der Waals surface area contributed by atoms with E-state index in [1.54, 1.807) is 7.11 Å². The maximum atomic E-state index is 5.55. The van der Waals surface area contributed by atoms with Crippen molar-refractivity contribution < 1.29 is 9.47 Å². The van der Waals surface area contributed by atoms with Crippen LogP contribution in [0.4, 0.5) is 0 Å². The molecular weight excluding hydrogens is 139 g/mol. The van der Waals surface area contributed by atoms with Gasteiger partial charge >= 0.3 is 0 Å². The van der Waals surface area contributed by atoms with Crippen molar-refractivity contribution in [2.45, 2.75) is 31.1 Å². The Bertz CT molecular complexity index is 164. The zero-order valence-electron chi connectivity index (χ0n) is 6.62. The fourth-order valence-electron chi connectivity index (χ4n) is 1.29. The first-order valence-corrected chi connectivity index (χ1v) is 3.65. The number of hydrogen-bond acceptors (Lipinski definition) is 2. The molecule has 0 amide bonds. The van der Waals surface area contributed by atoms with Crippen LogP contribution >= 0.6 is 0 Å². The van der Waals surface area contributed by atoms with Gasteiger partial charge in [0, 0.05) is 19.5 Å². The Morgan fingerprint density at radius 3 is 3.09 bits per heavy atom. The van der Waals surface area contributed by atoms with E-state index in [0.717, 1.165) is 6.42 Å². The Labute approximate surface area is 68.7 Å². The molecule has 1 aliphatic rings. The Morgan fingerprint density at radius 1 is 1.82 bits per heavy atom. The van der Waals surface area contributed by atoms with Gasteiger partial charge in [-0.3, -0.25) is 0 Å². The summed E-state index contributed by atoms with van der Waals surface area (Å²) in [5.41, 5.74) is 0. The second-order valence-electron chi connectivity index (χ2n) is 2.63. The summed E-state index contributed by atoms with van der Waals surface area (Å²) < 4.78 is 10.5. The molecule has 1 rings (SSSR count). The molecule has 3 heteroatoms. The lowest BCUT2D eigenvalue weighted by atomic mass is 9.96. The van der Waals surface area contributed by atoms with Crippen molar-refractivity contribution in [1.29, 1.82) is 0 Å². The minimum absolute atomic E-state index is 0.0139. The fourth-order valence-corrected chi connectivity index (χ4v) is 1.29. The normalized spacial score (nSPS) is 36.9. The van der Waals surface area contributed by atoms with Gasteiger partial charge in [0.15, 0.2) is 0 Å². The zero-order chi connectivity index (χ0) is 8.27. The number of ether oxygens (including phenoxy) is 2. The Morgan fingerprint density at radius 2 is 2.55 bits per heavy atom. The highest BCUT2D eigenvalue weighted by Gasteiger charge is 2.31. The second-order valence-corrected chi connectivity index (χ2v) is 2.63. The predicted molar refractivity (Wildman–Crippen MR) is 43.3 cm³/mol. The van der Waals surface area contributed by atoms with Crippen molar-refractivity contribution in [3.05, 3.63) is 0 Å². The maximum Gasteiger partial charge on any atom is 0.109 e. The van der Waals surface area contributed by atoms with E-state index >= 15 is 0 Å². The predicted octanol–water partition coefficient (Wildman–Crippen LogP) is 0.308. The van der Waals surface area contributed by atoms with Crippen molar-refractivity contribution in [2.75, 3.05) is 7.11 Å². The third-order valence-electron chi connectivity index (χ3n) is 1.85. The average molecular weight is 150 g/mol. The summed E-state index contributed by atoms with van der Waals surface area (Å²) in [5, 5.41) is 0. The summed E-state index contributed by atoms with van der Waals surface area (Å²) in [6.07, 6.45) is 6.52. The van der Waals surface area contributed by atoms with Crippen molar-refractivity contribution in [2.24, 2.45) is 0 Å². The molecule has 2 nitrogen and oxygen atoms in total. The molecule has 58 valence electrons. The molecule has 0 N–H and O–H groups in total. The maximum absolute atomic E-state index is 5.55. The third-order valence-corrected chi connectivity index (χ3v) is 1.85. The van der Waals surface area contributed by atoms with Gasteiger partial charge < -0.3 is 9.47 Å². The highest BCUT2D eigenvalue weighted by molar-refractivity contribution is 6.11. The van der Waals surface area contributed by atoms with Gasteiger partial charge in [0.25, 0.3) is 0 Å². The molecule has 0 aromatic heterocycles. The van der Waals surface area contributed by atoms with E-state index < -0.39 is 0 Å². The third kappa shape index (κ3) is 1.98. The summed E-state index contributed by atoms with van der Waals surface area (Å²) >= 11 is 0. The van der Waals surface area contributed by atoms with Gasteiger partial charge in [-0.1, -0.05) is 0 Å². The summed E-state index contributed by atoms with van der Waals surface area (Å²) in [6, 6.07) is -0.210. The second kappa shape index (κ2) is 3.80.